The molecule has 0 radical (unpaired) electrons. The van der Waals surface area contributed by atoms with E-state index in [2.05, 4.69) is 25.6 Å². The lowest BCUT2D eigenvalue weighted by Crippen LogP contribution is -2.17. The van der Waals surface area contributed by atoms with E-state index in [1.54, 1.807) is 6.07 Å². The number of aromatic nitrogens is 1. The number of halogens is 1. The third-order valence-electron chi connectivity index (χ3n) is 2.72. The summed E-state index contributed by atoms with van der Waals surface area (Å²) < 4.78 is 27.9. The first-order chi connectivity index (χ1) is 9.31. The number of nitrogens with zero attached hydrogens (tertiary/aromatic N) is 1. The summed E-state index contributed by atoms with van der Waals surface area (Å²) in [6.07, 6.45) is 1.39. The molecule has 7 heteroatoms. The summed E-state index contributed by atoms with van der Waals surface area (Å²) in [5, 5.41) is -0.174. The molecule has 3 N–H and O–H groups in total. The number of nitrogen functional groups attached to an aromatic ring is 1. The number of hydrogen-bond donors (Lipinski definition) is 2. The fourth-order valence-electron chi connectivity index (χ4n) is 1.86. The number of aryl methyl sites for hydroxylation is 2. The maximum atomic E-state index is 12.3. The Balaban J connectivity index is 2.47. The van der Waals surface area contributed by atoms with Crippen LogP contribution in [-0.2, 0) is 10.0 Å². The topological polar surface area (TPSA) is 85.1 Å². The number of benzene rings is 1. The Hall–Kier alpha value is -1.60. The predicted octanol–water partition coefficient (Wildman–Crippen LogP) is 2.84. The highest BCUT2D eigenvalue weighted by Gasteiger charge is 2.21. The zero-order valence-corrected chi connectivity index (χ0v) is 13.4. The zero-order valence-electron chi connectivity index (χ0n) is 11.0. The smallest absolute Gasteiger partial charge is 0.281 e. The molecule has 0 fully saturated rings. The van der Waals surface area contributed by atoms with Gasteiger partial charge in [-0.25, -0.2) is 4.98 Å². The number of pyridine rings is 1. The Labute approximate surface area is 126 Å². The maximum Gasteiger partial charge on any atom is 0.281 e. The van der Waals surface area contributed by atoms with Crippen molar-refractivity contribution in [2.75, 3.05) is 10.5 Å². The van der Waals surface area contributed by atoms with Gasteiger partial charge in [0, 0.05) is 10.7 Å². The molecule has 0 bridgehead atoms. The summed E-state index contributed by atoms with van der Waals surface area (Å²) in [6.45, 7) is 3.77. The monoisotopic (exact) mass is 355 g/mol. The van der Waals surface area contributed by atoms with Crippen molar-refractivity contribution < 1.29 is 8.42 Å². The second-order valence-electron chi connectivity index (χ2n) is 4.44. The zero-order chi connectivity index (χ0) is 14.9. The highest BCUT2D eigenvalue weighted by molar-refractivity contribution is 9.10. The lowest BCUT2D eigenvalue weighted by molar-refractivity contribution is 0.598. The van der Waals surface area contributed by atoms with Crippen LogP contribution in [-0.4, -0.2) is 13.4 Å². The van der Waals surface area contributed by atoms with E-state index in [0.717, 1.165) is 11.1 Å². The van der Waals surface area contributed by atoms with E-state index in [1.807, 2.05) is 26.0 Å². The molecule has 0 aliphatic rings. The number of hydrogen-bond acceptors (Lipinski definition) is 4. The molecule has 0 spiro atoms. The first-order valence-electron chi connectivity index (χ1n) is 5.81. The average molecular weight is 356 g/mol. The minimum atomic E-state index is -3.82. The molecule has 0 aliphatic heterocycles. The molecule has 1 aromatic carbocycles. The van der Waals surface area contributed by atoms with Gasteiger partial charge < -0.3 is 5.73 Å². The molecule has 20 heavy (non-hydrogen) atoms. The molecular weight excluding hydrogens is 342 g/mol. The number of rotatable bonds is 3. The Morgan fingerprint density at radius 3 is 2.60 bits per heavy atom. The quantitative estimate of drug-likeness (QED) is 0.886. The first-order valence-corrected chi connectivity index (χ1v) is 8.09. The van der Waals surface area contributed by atoms with Crippen molar-refractivity contribution in [2.24, 2.45) is 0 Å². The SMILES string of the molecule is Cc1cc(C)c(NS(=O)(=O)c2ncccc2N)c(Br)c1. The first kappa shape index (κ1) is 14.8. The second kappa shape index (κ2) is 5.41. The summed E-state index contributed by atoms with van der Waals surface area (Å²) in [4.78, 5) is 3.83. The Bertz CT molecular complexity index is 737. The van der Waals surface area contributed by atoms with Crippen LogP contribution in [0.4, 0.5) is 11.4 Å². The molecule has 5 nitrogen and oxygen atoms in total. The van der Waals surface area contributed by atoms with Gasteiger partial charge in [0.05, 0.1) is 11.4 Å². The van der Waals surface area contributed by atoms with Crippen LogP contribution in [0.1, 0.15) is 11.1 Å². The number of nitrogens with two attached hydrogens (primary N) is 1. The van der Waals surface area contributed by atoms with E-state index in [1.165, 1.54) is 12.3 Å². The van der Waals surface area contributed by atoms with Crippen molar-refractivity contribution in [1.29, 1.82) is 0 Å². The van der Waals surface area contributed by atoms with Crippen LogP contribution >= 0.6 is 15.9 Å². The Morgan fingerprint density at radius 1 is 1.30 bits per heavy atom. The minimum absolute atomic E-state index is 0.112. The molecule has 0 saturated heterocycles. The van der Waals surface area contributed by atoms with Gasteiger partial charge in [-0.15, -0.1) is 0 Å². The number of nitrogens with one attached hydrogen (secondary N) is 1. The standard InChI is InChI=1S/C13H14BrN3O2S/c1-8-6-9(2)12(10(14)7-8)17-20(18,19)13-11(15)4-3-5-16-13/h3-7,17H,15H2,1-2H3. The van der Waals surface area contributed by atoms with Gasteiger partial charge in [-0.3, -0.25) is 4.72 Å². The molecule has 0 saturated carbocycles. The summed E-state index contributed by atoms with van der Waals surface area (Å²) >= 11 is 3.36. The molecule has 2 rings (SSSR count). The van der Waals surface area contributed by atoms with Crippen molar-refractivity contribution in [3.05, 3.63) is 46.1 Å². The maximum absolute atomic E-state index is 12.3. The normalized spacial score (nSPS) is 11.3. The number of sulfonamides is 1. The van der Waals surface area contributed by atoms with Crippen LogP contribution < -0.4 is 10.5 Å². The van der Waals surface area contributed by atoms with Crippen LogP contribution in [0.25, 0.3) is 0 Å². The van der Waals surface area contributed by atoms with E-state index in [4.69, 9.17) is 5.73 Å². The van der Waals surface area contributed by atoms with Gasteiger partial charge in [-0.2, -0.15) is 8.42 Å². The fourth-order valence-corrected chi connectivity index (χ4v) is 3.97. The van der Waals surface area contributed by atoms with E-state index < -0.39 is 10.0 Å². The fraction of sp³-hybridized carbons (Fsp3) is 0.154. The summed E-state index contributed by atoms with van der Waals surface area (Å²) in [7, 11) is -3.82. The van der Waals surface area contributed by atoms with Gasteiger partial charge in [0.25, 0.3) is 10.0 Å². The molecule has 1 heterocycles. The van der Waals surface area contributed by atoms with Crippen molar-refractivity contribution in [3.8, 4) is 0 Å². The third kappa shape index (κ3) is 2.94. The minimum Gasteiger partial charge on any atom is -0.396 e. The van der Waals surface area contributed by atoms with Crippen molar-refractivity contribution in [1.82, 2.24) is 4.98 Å². The lowest BCUT2D eigenvalue weighted by atomic mass is 10.1. The largest absolute Gasteiger partial charge is 0.396 e. The Kier molecular flexibility index (Phi) is 4.01. The van der Waals surface area contributed by atoms with E-state index >= 15 is 0 Å². The second-order valence-corrected chi connectivity index (χ2v) is 6.89. The lowest BCUT2D eigenvalue weighted by Gasteiger charge is -2.13. The van der Waals surface area contributed by atoms with Gasteiger partial charge in [-0.1, -0.05) is 6.07 Å². The molecular formula is C13H14BrN3O2S. The molecule has 0 aliphatic carbocycles. The Morgan fingerprint density at radius 2 is 2.00 bits per heavy atom. The van der Waals surface area contributed by atoms with E-state index in [0.29, 0.717) is 10.2 Å². The summed E-state index contributed by atoms with van der Waals surface area (Å²) in [6, 6.07) is 6.82. The van der Waals surface area contributed by atoms with Gasteiger partial charge in [0.1, 0.15) is 0 Å². The van der Waals surface area contributed by atoms with Crippen LogP contribution in [0.15, 0.2) is 40.0 Å². The summed E-state index contributed by atoms with van der Waals surface area (Å²) in [5.74, 6) is 0. The molecule has 0 atom stereocenters. The summed E-state index contributed by atoms with van der Waals surface area (Å²) in [5.41, 5.74) is 8.12. The van der Waals surface area contributed by atoms with E-state index in [-0.39, 0.29) is 10.7 Å². The predicted molar refractivity (Wildman–Crippen MR) is 83.1 cm³/mol. The molecule has 2 aromatic rings. The highest BCUT2D eigenvalue weighted by atomic mass is 79.9. The molecule has 0 amide bonds. The average Bonchev–Trinajstić information content (AvgIpc) is 2.34. The number of anilines is 2. The van der Waals surface area contributed by atoms with Crippen molar-refractivity contribution >= 4 is 37.3 Å². The van der Waals surface area contributed by atoms with E-state index in [9.17, 15) is 8.42 Å². The highest BCUT2D eigenvalue weighted by Crippen LogP contribution is 2.30. The third-order valence-corrected chi connectivity index (χ3v) is 4.67. The van der Waals surface area contributed by atoms with Gasteiger partial charge in [0.2, 0.25) is 0 Å². The van der Waals surface area contributed by atoms with Crippen LogP contribution in [0.2, 0.25) is 0 Å². The molecule has 1 aromatic heterocycles. The molecule has 106 valence electrons. The van der Waals surface area contributed by atoms with Gasteiger partial charge in [0.15, 0.2) is 5.03 Å². The van der Waals surface area contributed by atoms with Gasteiger partial charge in [-0.05, 0) is 59.1 Å². The van der Waals surface area contributed by atoms with Crippen LogP contribution in [0, 0.1) is 13.8 Å². The van der Waals surface area contributed by atoms with Crippen LogP contribution in [0.3, 0.4) is 0 Å². The molecule has 0 unspecified atom stereocenters. The van der Waals surface area contributed by atoms with Crippen molar-refractivity contribution in [3.63, 3.8) is 0 Å². The van der Waals surface area contributed by atoms with Crippen molar-refractivity contribution in [2.45, 2.75) is 18.9 Å². The van der Waals surface area contributed by atoms with Crippen LogP contribution in [0.5, 0.6) is 0 Å². The van der Waals surface area contributed by atoms with Gasteiger partial charge >= 0.3 is 0 Å².